The molecule has 8 heteroatoms. The molecule has 0 nitrogen and oxygen atoms in total. The predicted molar refractivity (Wildman–Crippen MR) is 251 cm³/mol. The molecule has 0 atom stereocenters. The van der Waals surface area contributed by atoms with Crippen molar-refractivity contribution in [1.82, 2.24) is 0 Å². The molecule has 1 radical (unpaired) electrons. The molecule has 8 aromatic carbocycles. The Kier molecular flexibility index (Phi) is 16.4. The molecule has 0 unspecified atom stereocenters. The third-order valence-electron chi connectivity index (χ3n) is 9.94. The minimum atomic E-state index is -6.00. The maximum atomic E-state index is 9.75. The summed E-state index contributed by atoms with van der Waals surface area (Å²) in [6, 6.07) is 71.8. The fourth-order valence-corrected chi connectivity index (χ4v) is 12.4. The minimum Gasteiger partial charge on any atom is -0.418 e. The summed E-state index contributed by atoms with van der Waals surface area (Å²) < 4.78 is 39.0. The van der Waals surface area contributed by atoms with Crippen molar-refractivity contribution in [2.75, 3.05) is 0 Å². The summed E-state index contributed by atoms with van der Waals surface area (Å²) in [6.07, 6.45) is 14.0. The van der Waals surface area contributed by atoms with Crippen molar-refractivity contribution in [3.8, 4) is 11.1 Å². The molecule has 0 spiro atoms. The quantitative estimate of drug-likeness (QED) is 0.0646. The zero-order valence-corrected chi connectivity index (χ0v) is 37.1. The van der Waals surface area contributed by atoms with Gasteiger partial charge in [0.2, 0.25) is 0 Å². The van der Waals surface area contributed by atoms with Crippen LogP contribution in [0.3, 0.4) is 0 Å². The molecule has 0 aromatic heterocycles. The van der Waals surface area contributed by atoms with Crippen molar-refractivity contribution in [3.05, 3.63) is 218 Å². The topological polar surface area (TPSA) is 0 Å². The first kappa shape index (κ1) is 44.6. The normalized spacial score (nSPS) is 13.5. The molecular weight excluding hydrogens is 966 g/mol. The van der Waals surface area contributed by atoms with Gasteiger partial charge in [-0.15, -0.1) is 0 Å². The van der Waals surface area contributed by atoms with Crippen LogP contribution in [0.1, 0.15) is 25.7 Å². The standard InChI is InChI=1S/C44H32P2.C8H12.BF4.Ir/c1-5-19-35(20-6-1)45(36-21-7-2-8-22-36)41-31-29-33-17-13-15-27-39(33)43(41)44-40-28-16-14-18-34(40)30-32-42(44)46(37-23-9-3-10-24-37)38-25-11-4-12-26-38;1-2-4-6-8-7-5-3-1;2-1(3,4)5;/h1-32H;1-2,7-8H,3-6H2;;/q;;-1;/b;2-1-,8-7-;;. The van der Waals surface area contributed by atoms with Gasteiger partial charge in [-0.1, -0.05) is 218 Å². The molecule has 9 rings (SSSR count). The fourth-order valence-electron chi connectivity index (χ4n) is 7.44. The summed E-state index contributed by atoms with van der Waals surface area (Å²) in [5, 5.41) is 13.3. The minimum absolute atomic E-state index is 0. The molecule has 0 N–H and O–H groups in total. The predicted octanol–water partition coefficient (Wildman–Crippen LogP) is 13.1. The number of benzene rings is 8. The van der Waals surface area contributed by atoms with E-state index in [0.717, 1.165) is 0 Å². The second-order valence-electron chi connectivity index (χ2n) is 14.0. The van der Waals surface area contributed by atoms with Crippen LogP contribution in [0.15, 0.2) is 218 Å². The number of hydrogen-bond donors (Lipinski definition) is 0. The van der Waals surface area contributed by atoms with Gasteiger partial charge in [-0.25, -0.2) is 0 Å². The first-order chi connectivity index (χ1) is 28.9. The van der Waals surface area contributed by atoms with Gasteiger partial charge in [-0.05, 0) is 106 Å². The van der Waals surface area contributed by atoms with Crippen LogP contribution in [0.2, 0.25) is 0 Å². The monoisotopic (exact) mass is 1010 g/mol. The first-order valence-corrected chi connectivity index (χ1v) is 22.6. The Balaban J connectivity index is 0.000000373. The smallest absolute Gasteiger partial charge is 0.418 e. The molecular formula is C52H44BF4IrP2-. The van der Waals surface area contributed by atoms with Gasteiger partial charge >= 0.3 is 7.25 Å². The Hall–Kier alpha value is -4.95. The van der Waals surface area contributed by atoms with Crippen LogP contribution in [-0.2, 0) is 20.1 Å². The van der Waals surface area contributed by atoms with Gasteiger partial charge in [0.25, 0.3) is 0 Å². The van der Waals surface area contributed by atoms with Gasteiger partial charge in [-0.2, -0.15) is 0 Å². The summed E-state index contributed by atoms with van der Waals surface area (Å²) >= 11 is 0. The molecule has 1 aliphatic carbocycles. The van der Waals surface area contributed by atoms with Crippen molar-refractivity contribution in [3.63, 3.8) is 0 Å². The van der Waals surface area contributed by atoms with E-state index in [4.69, 9.17) is 0 Å². The number of rotatable bonds is 7. The summed E-state index contributed by atoms with van der Waals surface area (Å²) in [6.45, 7) is 0. The van der Waals surface area contributed by atoms with Gasteiger partial charge in [0.15, 0.2) is 0 Å². The molecule has 303 valence electrons. The van der Waals surface area contributed by atoms with E-state index in [-0.39, 0.29) is 20.1 Å². The molecule has 0 saturated carbocycles. The van der Waals surface area contributed by atoms with Gasteiger partial charge < -0.3 is 17.3 Å². The Bertz CT molecular complexity index is 2340. The third kappa shape index (κ3) is 11.7. The summed E-state index contributed by atoms with van der Waals surface area (Å²) in [4.78, 5) is 0. The zero-order chi connectivity index (χ0) is 40.9. The molecule has 8 aromatic rings. The van der Waals surface area contributed by atoms with E-state index in [1.165, 1.54) is 90.2 Å². The van der Waals surface area contributed by atoms with Crippen LogP contribution in [0.5, 0.6) is 0 Å². The number of halogens is 4. The Morgan fingerprint density at radius 1 is 0.317 bits per heavy atom. The van der Waals surface area contributed by atoms with Crippen LogP contribution in [0.4, 0.5) is 17.3 Å². The Morgan fingerprint density at radius 2 is 0.567 bits per heavy atom. The molecule has 0 fully saturated rings. The average Bonchev–Trinajstić information content (AvgIpc) is 3.25. The van der Waals surface area contributed by atoms with Crippen molar-refractivity contribution in [2.45, 2.75) is 25.7 Å². The van der Waals surface area contributed by atoms with Gasteiger partial charge in [0.1, 0.15) is 0 Å². The first-order valence-electron chi connectivity index (χ1n) is 19.9. The Labute approximate surface area is 367 Å². The van der Waals surface area contributed by atoms with E-state index in [9.17, 15) is 17.3 Å². The summed E-state index contributed by atoms with van der Waals surface area (Å²) in [5.41, 5.74) is 2.70. The number of hydrogen-bond acceptors (Lipinski definition) is 0. The zero-order valence-electron chi connectivity index (χ0n) is 32.9. The number of fused-ring (bicyclic) bond motifs is 2. The van der Waals surface area contributed by atoms with Crippen LogP contribution >= 0.6 is 15.8 Å². The van der Waals surface area contributed by atoms with Crippen molar-refractivity contribution >= 4 is 76.5 Å². The van der Waals surface area contributed by atoms with E-state index >= 15 is 0 Å². The molecule has 1 aliphatic rings. The molecule has 0 heterocycles. The summed E-state index contributed by atoms with van der Waals surface area (Å²) in [5.74, 6) is 0. The van der Waals surface area contributed by atoms with Gasteiger partial charge in [-0.3, -0.25) is 0 Å². The average molecular weight is 1010 g/mol. The largest absolute Gasteiger partial charge is 0.673 e. The van der Waals surface area contributed by atoms with E-state index in [1.54, 1.807) is 0 Å². The third-order valence-corrected chi connectivity index (χ3v) is 14.9. The second-order valence-corrected chi connectivity index (χ2v) is 18.3. The molecule has 0 aliphatic heterocycles. The van der Waals surface area contributed by atoms with Crippen LogP contribution in [0.25, 0.3) is 32.7 Å². The van der Waals surface area contributed by atoms with Crippen molar-refractivity contribution < 1.29 is 37.4 Å². The van der Waals surface area contributed by atoms with Crippen molar-refractivity contribution in [1.29, 1.82) is 0 Å². The summed E-state index contributed by atoms with van der Waals surface area (Å²) in [7, 11) is -7.70. The van der Waals surface area contributed by atoms with Crippen LogP contribution in [0, 0.1) is 0 Å². The second kappa shape index (κ2) is 22.1. The molecule has 60 heavy (non-hydrogen) atoms. The maximum Gasteiger partial charge on any atom is 0.673 e. The molecule has 0 amide bonds. The van der Waals surface area contributed by atoms with Crippen LogP contribution in [-0.4, -0.2) is 7.25 Å². The fraction of sp³-hybridized carbons (Fsp3) is 0.0769. The van der Waals surface area contributed by atoms with E-state index in [1.807, 2.05) is 0 Å². The Morgan fingerprint density at radius 3 is 0.850 bits per heavy atom. The van der Waals surface area contributed by atoms with Gasteiger partial charge in [0, 0.05) is 20.1 Å². The number of allylic oxidation sites excluding steroid dienone is 4. The van der Waals surface area contributed by atoms with Gasteiger partial charge in [0.05, 0.1) is 0 Å². The molecule has 0 bridgehead atoms. The van der Waals surface area contributed by atoms with Crippen LogP contribution < -0.4 is 31.8 Å². The van der Waals surface area contributed by atoms with Crippen molar-refractivity contribution in [2.24, 2.45) is 0 Å². The van der Waals surface area contributed by atoms with E-state index in [0.29, 0.717) is 0 Å². The maximum absolute atomic E-state index is 9.75. The van der Waals surface area contributed by atoms with E-state index in [2.05, 4.69) is 218 Å². The SMILES string of the molecule is C1=C\CC/C=C\CC/1.F[B-](F)(F)F.[Ir].c1ccc(P(c2ccccc2)c2ccc3ccccc3c2-c2c(P(c3ccccc3)c3ccccc3)ccc3ccccc23)cc1. The molecule has 0 saturated heterocycles. The van der Waals surface area contributed by atoms with E-state index < -0.39 is 23.1 Å².